The molecule has 0 radical (unpaired) electrons. The smallest absolute Gasteiger partial charge is 0.291 e. The maximum Gasteiger partial charge on any atom is 0.291 e. The summed E-state index contributed by atoms with van der Waals surface area (Å²) in [6.45, 7) is 2.11. The minimum absolute atomic E-state index is 0.172. The van der Waals surface area contributed by atoms with Crippen LogP contribution in [0.4, 0.5) is 10.8 Å². The van der Waals surface area contributed by atoms with E-state index in [0.717, 1.165) is 28.4 Å². The number of carbonyl (C=O) groups excluding carboxylic acids is 1. The molecule has 0 unspecified atom stereocenters. The fraction of sp³-hybridized carbons (Fsp3) is 0.167. The van der Waals surface area contributed by atoms with Crippen molar-refractivity contribution in [3.8, 4) is 0 Å². The molecule has 2 N–H and O–H groups in total. The molecule has 1 amide bonds. The molecule has 0 fully saturated rings. The van der Waals surface area contributed by atoms with Crippen LogP contribution in [-0.2, 0) is 6.42 Å². The lowest BCUT2D eigenvalue weighted by molar-refractivity contribution is 0.0997. The number of rotatable bonds is 8. The molecule has 4 rings (SSSR count). The largest absolute Gasteiger partial charge is 0.459 e. The summed E-state index contributed by atoms with van der Waals surface area (Å²) in [5.74, 6) is 0.801. The Kier molecular flexibility index (Phi) is 6.74. The summed E-state index contributed by atoms with van der Waals surface area (Å²) in [4.78, 5) is 19.5. The molecule has 0 aliphatic carbocycles. The van der Waals surface area contributed by atoms with Crippen LogP contribution in [0.5, 0.6) is 0 Å². The van der Waals surface area contributed by atoms with Gasteiger partial charge in [0.2, 0.25) is 0 Å². The normalized spacial score (nSPS) is 11.8. The fourth-order valence-corrected chi connectivity index (χ4v) is 4.69. The number of furan rings is 1. The number of aromatic nitrogens is 1. The molecule has 1 atom stereocenters. The minimum atomic E-state index is -0.259. The molecular weight excluding hydrogens is 426 g/mol. The van der Waals surface area contributed by atoms with Crippen molar-refractivity contribution in [2.75, 3.05) is 16.9 Å². The van der Waals surface area contributed by atoms with E-state index in [2.05, 4.69) is 59.1 Å². The Morgan fingerprint density at radius 2 is 2.00 bits per heavy atom. The van der Waals surface area contributed by atoms with Gasteiger partial charge in [0, 0.05) is 21.5 Å². The van der Waals surface area contributed by atoms with Gasteiger partial charge in [-0.25, -0.2) is 4.98 Å². The second-order valence-corrected chi connectivity index (χ2v) is 8.86. The Labute approximate surface area is 189 Å². The number of anilines is 2. The van der Waals surface area contributed by atoms with Gasteiger partial charge in [0.15, 0.2) is 5.76 Å². The number of hydrogen-bond donors (Lipinski definition) is 2. The molecule has 0 aliphatic rings. The van der Waals surface area contributed by atoms with E-state index in [0.29, 0.717) is 0 Å². The van der Waals surface area contributed by atoms with E-state index < -0.39 is 0 Å². The Hall–Kier alpha value is -3.03. The molecule has 4 aromatic rings. The van der Waals surface area contributed by atoms with Gasteiger partial charge >= 0.3 is 0 Å². The molecular formula is C24H23N3O2S2. The molecule has 3 aromatic heterocycles. The first kappa shape index (κ1) is 21.2. The van der Waals surface area contributed by atoms with E-state index in [-0.39, 0.29) is 17.7 Å². The highest BCUT2D eigenvalue weighted by atomic mass is 32.2. The van der Waals surface area contributed by atoms with Gasteiger partial charge in [0.25, 0.3) is 5.91 Å². The van der Waals surface area contributed by atoms with Crippen LogP contribution in [0.3, 0.4) is 0 Å². The molecule has 1 aromatic carbocycles. The molecule has 0 saturated carbocycles. The maximum absolute atomic E-state index is 12.7. The van der Waals surface area contributed by atoms with Crippen LogP contribution < -0.4 is 10.6 Å². The third kappa shape index (κ3) is 5.00. The average Bonchev–Trinajstić information content (AvgIpc) is 3.49. The Balaban J connectivity index is 1.74. The fourth-order valence-electron chi connectivity index (χ4n) is 3.25. The lowest BCUT2D eigenvalue weighted by Gasteiger charge is -2.21. The predicted octanol–water partition coefficient (Wildman–Crippen LogP) is 6.47. The number of amides is 1. The molecule has 7 heteroatoms. The third-order valence-electron chi connectivity index (χ3n) is 4.85. The molecule has 31 heavy (non-hydrogen) atoms. The number of thioether (sulfide) groups is 1. The Morgan fingerprint density at radius 3 is 2.65 bits per heavy atom. The molecule has 0 spiro atoms. The summed E-state index contributed by atoms with van der Waals surface area (Å²) in [5, 5.41) is 7.40. The minimum Gasteiger partial charge on any atom is -0.459 e. The van der Waals surface area contributed by atoms with E-state index in [1.807, 2.05) is 18.2 Å². The summed E-state index contributed by atoms with van der Waals surface area (Å²) in [7, 11) is 0. The van der Waals surface area contributed by atoms with Gasteiger partial charge in [-0.2, -0.15) is 0 Å². The van der Waals surface area contributed by atoms with Gasteiger partial charge in [0.05, 0.1) is 12.3 Å². The zero-order valence-electron chi connectivity index (χ0n) is 17.3. The van der Waals surface area contributed by atoms with Crippen LogP contribution in [0.2, 0.25) is 0 Å². The van der Waals surface area contributed by atoms with Crippen molar-refractivity contribution in [2.24, 2.45) is 0 Å². The maximum atomic E-state index is 12.7. The number of pyridine rings is 1. The third-order valence-corrected chi connectivity index (χ3v) is 6.80. The van der Waals surface area contributed by atoms with E-state index in [1.54, 1.807) is 41.4 Å². The van der Waals surface area contributed by atoms with E-state index in [9.17, 15) is 4.79 Å². The monoisotopic (exact) mass is 449 g/mol. The van der Waals surface area contributed by atoms with Crippen molar-refractivity contribution in [2.45, 2.75) is 24.3 Å². The van der Waals surface area contributed by atoms with Crippen LogP contribution in [0.15, 0.2) is 82.4 Å². The lowest BCUT2D eigenvalue weighted by atomic mass is 9.99. The van der Waals surface area contributed by atoms with Gasteiger partial charge in [-0.15, -0.1) is 23.1 Å². The van der Waals surface area contributed by atoms with Crippen molar-refractivity contribution in [1.29, 1.82) is 0 Å². The number of thiophene rings is 1. The molecule has 0 aliphatic heterocycles. The number of benzene rings is 1. The molecule has 3 heterocycles. The summed E-state index contributed by atoms with van der Waals surface area (Å²) >= 11 is 3.30. The highest BCUT2D eigenvalue weighted by Crippen LogP contribution is 2.38. The van der Waals surface area contributed by atoms with Gasteiger partial charge < -0.3 is 15.1 Å². The number of carbonyl (C=O) groups is 1. The number of nitrogens with one attached hydrogen (secondary N) is 2. The van der Waals surface area contributed by atoms with Crippen molar-refractivity contribution in [3.05, 3.63) is 94.9 Å². The van der Waals surface area contributed by atoms with Gasteiger partial charge in [-0.05, 0) is 60.7 Å². The van der Waals surface area contributed by atoms with Crippen molar-refractivity contribution in [1.82, 2.24) is 4.98 Å². The van der Waals surface area contributed by atoms with Crippen LogP contribution >= 0.6 is 23.1 Å². The van der Waals surface area contributed by atoms with Crippen molar-refractivity contribution in [3.63, 3.8) is 0 Å². The Bertz CT molecular complexity index is 1120. The standard InChI is InChI=1S/C24H23N3O2S2/c1-3-17-15-19(24(31-17)27-23(28)20-7-6-14-29-20)22(26-21-8-4-5-13-25-21)16-9-11-18(30-2)12-10-16/h4-15,22H,3H2,1-2H3,(H,25,26)(H,27,28)/t22-/m0/s1. The lowest BCUT2D eigenvalue weighted by Crippen LogP contribution is -2.16. The zero-order valence-corrected chi connectivity index (χ0v) is 18.9. The molecule has 0 saturated heterocycles. The van der Waals surface area contributed by atoms with Crippen LogP contribution in [0.25, 0.3) is 0 Å². The second-order valence-electron chi connectivity index (χ2n) is 6.85. The summed E-state index contributed by atoms with van der Waals surface area (Å²) < 4.78 is 5.27. The highest BCUT2D eigenvalue weighted by Gasteiger charge is 2.23. The van der Waals surface area contributed by atoms with Gasteiger partial charge in [-0.1, -0.05) is 25.1 Å². The molecule has 5 nitrogen and oxygen atoms in total. The zero-order chi connectivity index (χ0) is 21.6. The number of aryl methyl sites for hydroxylation is 1. The molecule has 158 valence electrons. The Morgan fingerprint density at radius 1 is 1.16 bits per heavy atom. The second kappa shape index (κ2) is 9.85. The van der Waals surface area contributed by atoms with Crippen molar-refractivity contribution >= 4 is 39.8 Å². The van der Waals surface area contributed by atoms with Gasteiger partial charge in [0.1, 0.15) is 10.8 Å². The van der Waals surface area contributed by atoms with Crippen LogP contribution in [-0.4, -0.2) is 17.1 Å². The predicted molar refractivity (Wildman–Crippen MR) is 128 cm³/mol. The first-order chi connectivity index (χ1) is 15.2. The van der Waals surface area contributed by atoms with Crippen LogP contribution in [0.1, 0.15) is 39.5 Å². The van der Waals surface area contributed by atoms with Crippen molar-refractivity contribution < 1.29 is 9.21 Å². The van der Waals surface area contributed by atoms with E-state index in [4.69, 9.17) is 4.42 Å². The SMILES string of the molecule is CCc1cc([C@@H](Nc2ccccn2)c2ccc(SC)cc2)c(NC(=O)c2ccco2)s1. The first-order valence-corrected chi connectivity index (χ1v) is 12.0. The topological polar surface area (TPSA) is 67.2 Å². The summed E-state index contributed by atoms with van der Waals surface area (Å²) in [6.07, 6.45) is 6.21. The number of nitrogens with zero attached hydrogens (tertiary/aromatic N) is 1. The van der Waals surface area contributed by atoms with Crippen LogP contribution in [0, 0.1) is 0 Å². The first-order valence-electron chi connectivity index (χ1n) is 9.97. The number of hydrogen-bond acceptors (Lipinski definition) is 6. The average molecular weight is 450 g/mol. The molecule has 0 bridgehead atoms. The highest BCUT2D eigenvalue weighted by molar-refractivity contribution is 7.98. The summed E-state index contributed by atoms with van der Waals surface area (Å²) in [5.41, 5.74) is 2.10. The van der Waals surface area contributed by atoms with E-state index >= 15 is 0 Å². The summed E-state index contributed by atoms with van der Waals surface area (Å²) in [6, 6.07) is 19.6. The quantitative estimate of drug-likeness (QED) is 0.302. The van der Waals surface area contributed by atoms with E-state index in [1.165, 1.54) is 16.0 Å². The van der Waals surface area contributed by atoms with Gasteiger partial charge in [-0.3, -0.25) is 4.79 Å².